The first-order valence-electron chi connectivity index (χ1n) is 8.54. The lowest BCUT2D eigenvalue weighted by atomic mass is 10.0. The highest BCUT2D eigenvalue weighted by Gasteiger charge is 2.34. The van der Waals surface area contributed by atoms with Gasteiger partial charge in [0.15, 0.2) is 0 Å². The van der Waals surface area contributed by atoms with Crippen molar-refractivity contribution in [2.45, 2.75) is 12.7 Å². The normalized spacial score (nSPS) is 11.9. The van der Waals surface area contributed by atoms with Crippen LogP contribution >= 0.6 is 11.6 Å². The number of fused-ring (bicyclic) bond motifs is 1. The molecule has 1 heterocycles. The van der Waals surface area contributed by atoms with Gasteiger partial charge in [0.25, 0.3) is 0 Å². The van der Waals surface area contributed by atoms with Gasteiger partial charge in [-0.1, -0.05) is 29.8 Å². The van der Waals surface area contributed by atoms with Crippen molar-refractivity contribution in [3.8, 4) is 17.0 Å². The molecule has 0 radical (unpaired) electrons. The van der Waals surface area contributed by atoms with Crippen LogP contribution in [-0.4, -0.2) is 14.9 Å². The van der Waals surface area contributed by atoms with Crippen molar-refractivity contribution < 1.29 is 22.7 Å². The number of aromatic nitrogens is 2. The molecule has 29 heavy (non-hydrogen) atoms. The molecule has 0 aliphatic rings. The van der Waals surface area contributed by atoms with Gasteiger partial charge in [-0.2, -0.15) is 18.3 Å². The average Bonchev–Trinajstić information content (AvgIpc) is 3.02. The molecule has 0 amide bonds. The summed E-state index contributed by atoms with van der Waals surface area (Å²) >= 11 is 5.79. The van der Waals surface area contributed by atoms with Gasteiger partial charge in [0.2, 0.25) is 0 Å². The van der Waals surface area contributed by atoms with Crippen molar-refractivity contribution in [1.82, 2.24) is 9.78 Å². The number of hydrogen-bond acceptors (Lipinski definition) is 2. The molecule has 0 bridgehead atoms. The topological polar surface area (TPSA) is 38.1 Å². The molecule has 0 saturated heterocycles. The summed E-state index contributed by atoms with van der Waals surface area (Å²) in [6.45, 7) is -0.0921. The second kappa shape index (κ2) is 7.08. The summed E-state index contributed by atoms with van der Waals surface area (Å²) in [6.07, 6.45) is -4.59. The van der Waals surface area contributed by atoms with Crippen molar-refractivity contribution in [1.29, 1.82) is 0 Å². The first-order valence-corrected chi connectivity index (χ1v) is 8.92. The second-order valence-corrected chi connectivity index (χ2v) is 6.92. The van der Waals surface area contributed by atoms with Crippen LogP contribution in [0.3, 0.4) is 0 Å². The van der Waals surface area contributed by atoms with Crippen LogP contribution < -0.4 is 0 Å². The molecule has 1 aromatic heterocycles. The minimum absolute atomic E-state index is 0.0175. The summed E-state index contributed by atoms with van der Waals surface area (Å²) in [5.41, 5.74) is 0.0676. The molecule has 4 rings (SSSR count). The zero-order chi connectivity index (χ0) is 20.8. The standard InChI is InChI=1S/C21H13ClF4N2O/c22-14-7-4-13(18(23)10-14)11-28-20(12-5-8-15(29)9-6-12)16-2-1-3-17(19(16)27-28)21(24,25)26/h1-10,29H,11H2. The van der Waals surface area contributed by atoms with Crippen molar-refractivity contribution >= 4 is 22.5 Å². The van der Waals surface area contributed by atoms with Crippen LogP contribution in [0, 0.1) is 5.82 Å². The van der Waals surface area contributed by atoms with Gasteiger partial charge in [-0.05, 0) is 42.5 Å². The van der Waals surface area contributed by atoms with E-state index in [1.165, 1.54) is 41.1 Å². The third-order valence-electron chi connectivity index (χ3n) is 4.55. The van der Waals surface area contributed by atoms with Gasteiger partial charge in [0.05, 0.1) is 17.8 Å². The molecule has 8 heteroatoms. The summed E-state index contributed by atoms with van der Waals surface area (Å²) < 4.78 is 56.1. The Labute approximate surface area is 167 Å². The Hall–Kier alpha value is -3.06. The average molecular weight is 421 g/mol. The summed E-state index contributed by atoms with van der Waals surface area (Å²) in [7, 11) is 0. The molecule has 0 atom stereocenters. The minimum Gasteiger partial charge on any atom is -0.508 e. The first-order chi connectivity index (χ1) is 13.7. The lowest BCUT2D eigenvalue weighted by molar-refractivity contribution is -0.136. The highest BCUT2D eigenvalue weighted by Crippen LogP contribution is 2.38. The van der Waals surface area contributed by atoms with Gasteiger partial charge in [0.1, 0.15) is 17.1 Å². The van der Waals surface area contributed by atoms with Gasteiger partial charge in [-0.3, -0.25) is 4.68 Å². The Morgan fingerprint density at radius 3 is 2.38 bits per heavy atom. The van der Waals surface area contributed by atoms with E-state index in [9.17, 15) is 22.7 Å². The Morgan fingerprint density at radius 1 is 1.00 bits per heavy atom. The van der Waals surface area contributed by atoms with Gasteiger partial charge in [-0.15, -0.1) is 0 Å². The lowest BCUT2D eigenvalue weighted by Crippen LogP contribution is -2.07. The summed E-state index contributed by atoms with van der Waals surface area (Å²) in [6, 6.07) is 13.9. The predicted molar refractivity (Wildman–Crippen MR) is 102 cm³/mol. The number of rotatable bonds is 3. The number of phenols is 1. The lowest BCUT2D eigenvalue weighted by Gasteiger charge is -2.10. The van der Waals surface area contributed by atoms with Gasteiger partial charge in [-0.25, -0.2) is 4.39 Å². The summed E-state index contributed by atoms with van der Waals surface area (Å²) in [5.74, 6) is -0.561. The molecule has 0 spiro atoms. The highest BCUT2D eigenvalue weighted by molar-refractivity contribution is 6.30. The quantitative estimate of drug-likeness (QED) is 0.397. The minimum atomic E-state index is -4.59. The molecular formula is C21H13ClF4N2O. The van der Waals surface area contributed by atoms with Crippen molar-refractivity contribution in [3.63, 3.8) is 0 Å². The second-order valence-electron chi connectivity index (χ2n) is 6.49. The molecule has 1 N–H and O–H groups in total. The number of nitrogens with zero attached hydrogens (tertiary/aromatic N) is 2. The largest absolute Gasteiger partial charge is 0.508 e. The van der Waals surface area contributed by atoms with Gasteiger partial charge < -0.3 is 5.11 Å². The molecule has 3 aromatic carbocycles. The fraction of sp³-hybridized carbons (Fsp3) is 0.0952. The van der Waals surface area contributed by atoms with Crippen LogP contribution in [0.5, 0.6) is 5.75 Å². The monoisotopic (exact) mass is 420 g/mol. The Bertz CT molecular complexity index is 1200. The molecule has 0 aliphatic heterocycles. The molecule has 0 fully saturated rings. The number of aromatic hydroxyl groups is 1. The molecule has 4 aromatic rings. The molecule has 0 unspecified atom stereocenters. The molecular weight excluding hydrogens is 408 g/mol. The van der Waals surface area contributed by atoms with Crippen molar-refractivity contribution in [2.24, 2.45) is 0 Å². The van der Waals surface area contributed by atoms with Gasteiger partial charge in [0, 0.05) is 21.5 Å². The van der Waals surface area contributed by atoms with E-state index in [1.54, 1.807) is 12.1 Å². The van der Waals surface area contributed by atoms with Crippen molar-refractivity contribution in [3.05, 3.63) is 82.6 Å². The Balaban J connectivity index is 1.96. The predicted octanol–water partition coefficient (Wildman–Crippen LogP) is 6.27. The maximum absolute atomic E-state index is 14.3. The zero-order valence-corrected chi connectivity index (χ0v) is 15.5. The first kappa shape index (κ1) is 19.3. The van der Waals surface area contributed by atoms with E-state index in [0.717, 1.165) is 12.1 Å². The van der Waals surface area contributed by atoms with E-state index in [2.05, 4.69) is 5.10 Å². The van der Waals surface area contributed by atoms with E-state index in [1.807, 2.05) is 0 Å². The SMILES string of the molecule is Oc1ccc(-c2c3cccc(C(F)(F)F)c3nn2Cc2ccc(Cl)cc2F)cc1. The molecule has 0 aliphatic carbocycles. The van der Waals surface area contributed by atoms with E-state index in [0.29, 0.717) is 11.3 Å². The Morgan fingerprint density at radius 2 is 1.72 bits per heavy atom. The van der Waals surface area contributed by atoms with E-state index in [-0.39, 0.29) is 33.8 Å². The van der Waals surface area contributed by atoms with E-state index < -0.39 is 17.6 Å². The number of halogens is 5. The van der Waals surface area contributed by atoms with Crippen LogP contribution in [0.4, 0.5) is 17.6 Å². The smallest absolute Gasteiger partial charge is 0.418 e. The maximum atomic E-state index is 14.3. The van der Waals surface area contributed by atoms with E-state index in [4.69, 9.17) is 11.6 Å². The summed E-state index contributed by atoms with van der Waals surface area (Å²) in [5, 5.41) is 14.2. The number of benzene rings is 3. The van der Waals surface area contributed by atoms with Crippen LogP contribution in [0.1, 0.15) is 11.1 Å². The Kier molecular flexibility index (Phi) is 4.70. The fourth-order valence-corrected chi connectivity index (χ4v) is 3.39. The van der Waals surface area contributed by atoms with Crippen LogP contribution in [0.15, 0.2) is 60.7 Å². The molecule has 3 nitrogen and oxygen atoms in total. The number of alkyl halides is 3. The maximum Gasteiger partial charge on any atom is 0.418 e. The van der Waals surface area contributed by atoms with Crippen LogP contribution in [-0.2, 0) is 12.7 Å². The van der Waals surface area contributed by atoms with Gasteiger partial charge >= 0.3 is 6.18 Å². The third kappa shape index (κ3) is 3.65. The molecule has 0 saturated carbocycles. The third-order valence-corrected chi connectivity index (χ3v) is 4.79. The van der Waals surface area contributed by atoms with Crippen molar-refractivity contribution in [2.75, 3.05) is 0 Å². The van der Waals surface area contributed by atoms with Crippen LogP contribution in [0.2, 0.25) is 5.02 Å². The molecule has 148 valence electrons. The summed E-state index contributed by atoms with van der Waals surface area (Å²) in [4.78, 5) is 0. The zero-order valence-electron chi connectivity index (χ0n) is 14.7. The number of phenolic OH excluding ortho intramolecular Hbond substituents is 1. The fourth-order valence-electron chi connectivity index (χ4n) is 3.23. The van der Waals surface area contributed by atoms with Crippen LogP contribution in [0.25, 0.3) is 22.2 Å². The van der Waals surface area contributed by atoms with E-state index >= 15 is 0 Å². The number of hydrogen-bond donors (Lipinski definition) is 1. The highest BCUT2D eigenvalue weighted by atomic mass is 35.5.